The summed E-state index contributed by atoms with van der Waals surface area (Å²) in [7, 11) is 1.38. The molecule has 1 aliphatic heterocycles. The monoisotopic (exact) mass is 259 g/mol. The summed E-state index contributed by atoms with van der Waals surface area (Å²) in [5.41, 5.74) is 0.0240. The van der Waals surface area contributed by atoms with Crippen molar-refractivity contribution in [1.29, 1.82) is 0 Å². The van der Waals surface area contributed by atoms with Gasteiger partial charge in [0.1, 0.15) is 5.75 Å². The van der Waals surface area contributed by atoms with Gasteiger partial charge >= 0.3 is 6.18 Å². The number of methoxy groups -OCH3 is 1. The van der Waals surface area contributed by atoms with Gasteiger partial charge in [0, 0.05) is 6.04 Å². The van der Waals surface area contributed by atoms with E-state index < -0.39 is 11.7 Å². The first-order valence-electron chi connectivity index (χ1n) is 5.97. The van der Waals surface area contributed by atoms with E-state index >= 15 is 0 Å². The van der Waals surface area contributed by atoms with Crippen molar-refractivity contribution in [1.82, 2.24) is 5.32 Å². The van der Waals surface area contributed by atoms with Gasteiger partial charge in [-0.05, 0) is 49.6 Å². The van der Waals surface area contributed by atoms with Crippen molar-refractivity contribution in [2.45, 2.75) is 31.5 Å². The van der Waals surface area contributed by atoms with Crippen LogP contribution >= 0.6 is 0 Å². The number of hydrogen-bond donors (Lipinski definition) is 1. The Hall–Kier alpha value is -1.23. The Morgan fingerprint density at radius 3 is 2.67 bits per heavy atom. The molecule has 1 fully saturated rings. The van der Waals surface area contributed by atoms with Crippen molar-refractivity contribution >= 4 is 0 Å². The minimum absolute atomic E-state index is 0.262. The van der Waals surface area contributed by atoms with Gasteiger partial charge in [-0.2, -0.15) is 13.2 Å². The average Bonchev–Trinajstić information content (AvgIpc) is 2.80. The fourth-order valence-corrected chi connectivity index (χ4v) is 2.28. The third-order valence-electron chi connectivity index (χ3n) is 3.17. The topological polar surface area (TPSA) is 21.3 Å². The molecular weight excluding hydrogens is 243 g/mol. The number of ether oxygens (including phenoxy) is 1. The zero-order valence-electron chi connectivity index (χ0n) is 10.2. The van der Waals surface area contributed by atoms with Crippen molar-refractivity contribution < 1.29 is 17.9 Å². The van der Waals surface area contributed by atoms with E-state index in [0.29, 0.717) is 12.0 Å². The normalized spacial score (nSPS) is 20.1. The molecule has 1 unspecified atom stereocenters. The minimum Gasteiger partial charge on any atom is -0.497 e. The summed E-state index contributed by atoms with van der Waals surface area (Å²) in [6, 6.07) is 4.20. The molecule has 2 rings (SSSR count). The van der Waals surface area contributed by atoms with Crippen molar-refractivity contribution in [3.8, 4) is 5.75 Å². The van der Waals surface area contributed by atoms with Crippen LogP contribution in [-0.2, 0) is 12.6 Å². The van der Waals surface area contributed by atoms with Crippen LogP contribution in [0, 0.1) is 0 Å². The second-order valence-corrected chi connectivity index (χ2v) is 4.56. The van der Waals surface area contributed by atoms with E-state index in [0.717, 1.165) is 25.5 Å². The van der Waals surface area contributed by atoms with Crippen molar-refractivity contribution in [2.75, 3.05) is 13.7 Å². The summed E-state index contributed by atoms with van der Waals surface area (Å²) in [5, 5.41) is 3.28. The fourth-order valence-electron chi connectivity index (χ4n) is 2.28. The largest absolute Gasteiger partial charge is 0.497 e. The third kappa shape index (κ3) is 3.16. The molecule has 2 nitrogen and oxygen atoms in total. The SMILES string of the molecule is COc1cc(CC2CCCN2)cc(C(F)(F)F)c1. The predicted molar refractivity (Wildman–Crippen MR) is 62.7 cm³/mol. The Morgan fingerprint density at radius 1 is 1.33 bits per heavy atom. The number of benzene rings is 1. The van der Waals surface area contributed by atoms with Gasteiger partial charge in [0.15, 0.2) is 0 Å². The number of nitrogens with one attached hydrogen (secondary N) is 1. The Bertz CT molecular complexity index is 411. The van der Waals surface area contributed by atoms with E-state index in [1.54, 1.807) is 6.07 Å². The summed E-state index contributed by atoms with van der Waals surface area (Å²) >= 11 is 0. The first-order valence-corrected chi connectivity index (χ1v) is 5.97. The molecule has 18 heavy (non-hydrogen) atoms. The lowest BCUT2D eigenvalue weighted by atomic mass is 10.0. The van der Waals surface area contributed by atoms with Gasteiger partial charge in [0.05, 0.1) is 12.7 Å². The highest BCUT2D eigenvalue weighted by Crippen LogP contribution is 2.33. The molecule has 0 amide bonds. The van der Waals surface area contributed by atoms with Crippen molar-refractivity contribution in [3.63, 3.8) is 0 Å². The lowest BCUT2D eigenvalue weighted by Gasteiger charge is -2.14. The van der Waals surface area contributed by atoms with Gasteiger partial charge in [-0.25, -0.2) is 0 Å². The maximum Gasteiger partial charge on any atom is 0.416 e. The first-order chi connectivity index (χ1) is 8.49. The van der Waals surface area contributed by atoms with Crippen LogP contribution in [0.3, 0.4) is 0 Å². The molecule has 0 bridgehead atoms. The molecule has 1 heterocycles. The number of alkyl halides is 3. The molecule has 1 aliphatic rings. The van der Waals surface area contributed by atoms with E-state index in [2.05, 4.69) is 5.32 Å². The maximum absolute atomic E-state index is 12.7. The molecule has 0 saturated carbocycles. The van der Waals surface area contributed by atoms with E-state index in [-0.39, 0.29) is 11.8 Å². The summed E-state index contributed by atoms with van der Waals surface area (Å²) in [6.07, 6.45) is -1.62. The molecule has 0 spiro atoms. The first kappa shape index (κ1) is 13.2. The van der Waals surface area contributed by atoms with Crippen molar-refractivity contribution in [2.24, 2.45) is 0 Å². The lowest BCUT2D eigenvalue weighted by molar-refractivity contribution is -0.137. The van der Waals surface area contributed by atoms with Crippen LogP contribution in [0.1, 0.15) is 24.0 Å². The number of rotatable bonds is 3. The standard InChI is InChI=1S/C13H16F3NO/c1-18-12-7-9(6-11-3-2-4-17-11)5-10(8-12)13(14,15)16/h5,7-8,11,17H,2-4,6H2,1H3. The molecule has 1 aromatic rings. The van der Waals surface area contributed by atoms with E-state index in [1.165, 1.54) is 13.2 Å². The lowest BCUT2D eigenvalue weighted by Crippen LogP contribution is -2.23. The van der Waals surface area contributed by atoms with Gasteiger partial charge < -0.3 is 10.1 Å². The molecule has 5 heteroatoms. The van der Waals surface area contributed by atoms with Gasteiger partial charge in [0.2, 0.25) is 0 Å². The third-order valence-corrected chi connectivity index (χ3v) is 3.17. The van der Waals surface area contributed by atoms with Gasteiger partial charge in [0.25, 0.3) is 0 Å². The second kappa shape index (κ2) is 5.18. The highest BCUT2D eigenvalue weighted by Gasteiger charge is 2.31. The maximum atomic E-state index is 12.7. The fraction of sp³-hybridized carbons (Fsp3) is 0.538. The molecule has 1 atom stereocenters. The van der Waals surface area contributed by atoms with E-state index in [1.807, 2.05) is 0 Å². The number of hydrogen-bond acceptors (Lipinski definition) is 2. The summed E-state index contributed by atoms with van der Waals surface area (Å²) in [4.78, 5) is 0. The van der Waals surface area contributed by atoms with Gasteiger partial charge in [-0.15, -0.1) is 0 Å². The van der Waals surface area contributed by atoms with Crippen LogP contribution in [0.4, 0.5) is 13.2 Å². The zero-order chi connectivity index (χ0) is 13.2. The van der Waals surface area contributed by atoms with Gasteiger partial charge in [-0.1, -0.05) is 0 Å². The average molecular weight is 259 g/mol. The quantitative estimate of drug-likeness (QED) is 0.901. The molecular formula is C13H16F3NO. The smallest absolute Gasteiger partial charge is 0.416 e. The molecule has 1 saturated heterocycles. The Balaban J connectivity index is 2.23. The molecule has 0 radical (unpaired) electrons. The molecule has 1 N–H and O–H groups in total. The van der Waals surface area contributed by atoms with Crippen LogP contribution in [0.25, 0.3) is 0 Å². The zero-order valence-corrected chi connectivity index (χ0v) is 10.2. The highest BCUT2D eigenvalue weighted by atomic mass is 19.4. The van der Waals surface area contributed by atoms with E-state index in [9.17, 15) is 13.2 Å². The van der Waals surface area contributed by atoms with Crippen LogP contribution < -0.4 is 10.1 Å². The second-order valence-electron chi connectivity index (χ2n) is 4.56. The van der Waals surface area contributed by atoms with Crippen LogP contribution in [0.2, 0.25) is 0 Å². The van der Waals surface area contributed by atoms with Crippen LogP contribution in [0.5, 0.6) is 5.75 Å². The Kier molecular flexibility index (Phi) is 3.80. The minimum atomic E-state index is -4.33. The summed E-state index contributed by atoms with van der Waals surface area (Å²) in [5.74, 6) is 0.262. The molecule has 1 aromatic carbocycles. The predicted octanol–water partition coefficient (Wildman–Crippen LogP) is 3.01. The van der Waals surface area contributed by atoms with Crippen molar-refractivity contribution in [3.05, 3.63) is 29.3 Å². The summed E-state index contributed by atoms with van der Waals surface area (Å²) < 4.78 is 43.1. The Labute approximate surface area is 104 Å². The van der Waals surface area contributed by atoms with Gasteiger partial charge in [-0.3, -0.25) is 0 Å². The van der Waals surface area contributed by atoms with Crippen LogP contribution in [-0.4, -0.2) is 19.7 Å². The molecule has 100 valence electrons. The Morgan fingerprint density at radius 2 is 2.11 bits per heavy atom. The molecule has 0 aromatic heterocycles. The molecule has 0 aliphatic carbocycles. The number of halogens is 3. The summed E-state index contributed by atoms with van der Waals surface area (Å²) in [6.45, 7) is 0.945. The highest BCUT2D eigenvalue weighted by molar-refractivity contribution is 5.36. The van der Waals surface area contributed by atoms with E-state index in [4.69, 9.17) is 4.74 Å². The van der Waals surface area contributed by atoms with Crippen LogP contribution in [0.15, 0.2) is 18.2 Å².